The molecule has 1 aliphatic heterocycles. The fourth-order valence-corrected chi connectivity index (χ4v) is 3.42. The van der Waals surface area contributed by atoms with Gasteiger partial charge in [-0.1, -0.05) is 38.0 Å². The third-order valence-electron chi connectivity index (χ3n) is 2.77. The topological polar surface area (TPSA) is 37.4 Å². The van der Waals surface area contributed by atoms with Crippen LogP contribution in [-0.4, -0.2) is 19.3 Å². The summed E-state index contributed by atoms with van der Waals surface area (Å²) in [6.45, 7) is 4.43. The van der Waals surface area contributed by atoms with Crippen LogP contribution < -0.4 is 0 Å². The number of nitrogens with zero attached hydrogens (tertiary/aromatic N) is 1. The van der Waals surface area contributed by atoms with Crippen molar-refractivity contribution in [2.24, 2.45) is 0 Å². The molecule has 0 bridgehead atoms. The van der Waals surface area contributed by atoms with Gasteiger partial charge < -0.3 is 0 Å². The fourth-order valence-electron chi connectivity index (χ4n) is 1.88. The molecule has 0 saturated heterocycles. The molecule has 0 N–H and O–H groups in total. The molecule has 0 fully saturated rings. The van der Waals surface area contributed by atoms with E-state index in [9.17, 15) is 8.42 Å². The van der Waals surface area contributed by atoms with Gasteiger partial charge in [0.15, 0.2) is 0 Å². The van der Waals surface area contributed by atoms with Crippen LogP contribution in [0.1, 0.15) is 31.7 Å². The van der Waals surface area contributed by atoms with Gasteiger partial charge in [-0.2, -0.15) is 4.31 Å². The summed E-state index contributed by atoms with van der Waals surface area (Å²) >= 11 is 0. The van der Waals surface area contributed by atoms with Crippen molar-refractivity contribution in [3.63, 3.8) is 0 Å². The average Bonchev–Trinajstić information content (AvgIpc) is 2.52. The van der Waals surface area contributed by atoms with Crippen molar-refractivity contribution < 1.29 is 8.42 Å². The Balaban J connectivity index is 2.17. The van der Waals surface area contributed by atoms with Gasteiger partial charge in [0, 0.05) is 6.54 Å². The van der Waals surface area contributed by atoms with E-state index < -0.39 is 10.0 Å². The minimum atomic E-state index is -3.25. The summed E-state index contributed by atoms with van der Waals surface area (Å²) in [7, 11) is -3.25. The fraction of sp³-hybridized carbons (Fsp3) is 0.417. The Morgan fingerprint density at radius 1 is 1.19 bits per heavy atom. The molecule has 0 aliphatic carbocycles. The summed E-state index contributed by atoms with van der Waals surface area (Å²) in [5.41, 5.74) is 0.805. The smallest absolute Gasteiger partial charge is 0.207 e. The van der Waals surface area contributed by atoms with Crippen LogP contribution in [0.3, 0.4) is 0 Å². The monoisotopic (exact) mass is 238 g/mol. The van der Waals surface area contributed by atoms with E-state index in [2.05, 4.69) is 6.92 Å². The Hall–Kier alpha value is -0.870. The molecule has 0 atom stereocenters. The van der Waals surface area contributed by atoms with Crippen LogP contribution in [0.25, 0.3) is 0 Å². The standard InChI is InChI=1S/C12H16NO2S/c1-2-3-6-9-13-10-11-7-4-5-8-12(11)16(13,14)15/h4-5,7-8,10H,2-3,6,9H2,1H3. The Labute approximate surface area is 97.1 Å². The van der Waals surface area contributed by atoms with E-state index in [1.54, 1.807) is 18.7 Å². The van der Waals surface area contributed by atoms with Crippen LogP contribution in [0.15, 0.2) is 29.2 Å². The van der Waals surface area contributed by atoms with E-state index >= 15 is 0 Å². The van der Waals surface area contributed by atoms with Crippen LogP contribution in [0.5, 0.6) is 0 Å². The molecule has 1 radical (unpaired) electrons. The maximum atomic E-state index is 12.1. The Bertz CT molecular complexity index is 468. The first-order valence-electron chi connectivity index (χ1n) is 5.62. The molecule has 0 saturated carbocycles. The van der Waals surface area contributed by atoms with Gasteiger partial charge in [-0.25, -0.2) is 8.42 Å². The number of unbranched alkanes of at least 4 members (excludes halogenated alkanes) is 2. The zero-order valence-corrected chi connectivity index (χ0v) is 10.2. The number of hydrogen-bond donors (Lipinski definition) is 0. The van der Waals surface area contributed by atoms with E-state index in [0.717, 1.165) is 24.8 Å². The van der Waals surface area contributed by atoms with Crippen molar-refractivity contribution in [2.45, 2.75) is 31.1 Å². The third kappa shape index (κ3) is 1.99. The summed E-state index contributed by atoms with van der Waals surface area (Å²) in [5, 5.41) is 0. The van der Waals surface area contributed by atoms with Gasteiger partial charge in [-0.05, 0) is 18.1 Å². The molecule has 1 heterocycles. The highest BCUT2D eigenvalue weighted by Gasteiger charge is 2.33. The van der Waals surface area contributed by atoms with E-state index in [1.807, 2.05) is 12.1 Å². The lowest BCUT2D eigenvalue weighted by atomic mass is 10.2. The van der Waals surface area contributed by atoms with Crippen molar-refractivity contribution in [3.05, 3.63) is 36.4 Å². The minimum Gasteiger partial charge on any atom is -0.207 e. The normalized spacial score (nSPS) is 18.6. The van der Waals surface area contributed by atoms with Crippen molar-refractivity contribution in [1.29, 1.82) is 0 Å². The molecule has 16 heavy (non-hydrogen) atoms. The number of rotatable bonds is 4. The number of sulfonamides is 1. The predicted molar refractivity (Wildman–Crippen MR) is 63.3 cm³/mol. The van der Waals surface area contributed by atoms with Gasteiger partial charge in [0.2, 0.25) is 10.0 Å². The minimum absolute atomic E-state index is 0.437. The Morgan fingerprint density at radius 3 is 2.62 bits per heavy atom. The summed E-state index contributed by atoms with van der Waals surface area (Å²) < 4.78 is 25.6. The van der Waals surface area contributed by atoms with Gasteiger partial charge in [-0.15, -0.1) is 0 Å². The lowest BCUT2D eigenvalue weighted by Gasteiger charge is -2.13. The SMILES string of the molecule is CCCCCN1[CH]c2ccccc2S1(=O)=O. The first kappa shape index (κ1) is 11.6. The summed E-state index contributed by atoms with van der Waals surface area (Å²) in [6, 6.07) is 7.13. The maximum absolute atomic E-state index is 12.1. The largest absolute Gasteiger partial charge is 0.244 e. The molecule has 1 aliphatic rings. The molecule has 0 amide bonds. The predicted octanol–water partition coefficient (Wildman–Crippen LogP) is 2.39. The lowest BCUT2D eigenvalue weighted by Crippen LogP contribution is -2.24. The van der Waals surface area contributed by atoms with Gasteiger partial charge >= 0.3 is 0 Å². The van der Waals surface area contributed by atoms with Crippen LogP contribution in [0, 0.1) is 6.54 Å². The molecule has 1 aromatic rings. The molecule has 1 aromatic carbocycles. The zero-order valence-electron chi connectivity index (χ0n) is 9.39. The first-order chi connectivity index (χ1) is 7.66. The van der Waals surface area contributed by atoms with E-state index in [0.29, 0.717) is 11.4 Å². The molecule has 0 spiro atoms. The molecule has 0 aromatic heterocycles. The highest BCUT2D eigenvalue weighted by molar-refractivity contribution is 7.89. The molecular formula is C12H16NO2S. The number of fused-ring (bicyclic) bond motifs is 1. The molecule has 87 valence electrons. The second-order valence-electron chi connectivity index (χ2n) is 3.99. The van der Waals surface area contributed by atoms with Gasteiger partial charge in [-0.3, -0.25) is 0 Å². The van der Waals surface area contributed by atoms with Crippen molar-refractivity contribution in [3.8, 4) is 0 Å². The van der Waals surface area contributed by atoms with Crippen LogP contribution in [0.4, 0.5) is 0 Å². The van der Waals surface area contributed by atoms with E-state index in [4.69, 9.17) is 0 Å². The van der Waals surface area contributed by atoms with Crippen molar-refractivity contribution >= 4 is 10.0 Å². The van der Waals surface area contributed by atoms with Crippen LogP contribution >= 0.6 is 0 Å². The molecular weight excluding hydrogens is 222 g/mol. The van der Waals surface area contributed by atoms with E-state index in [-0.39, 0.29) is 0 Å². The van der Waals surface area contributed by atoms with Crippen molar-refractivity contribution in [2.75, 3.05) is 6.54 Å². The highest BCUT2D eigenvalue weighted by atomic mass is 32.2. The first-order valence-corrected chi connectivity index (χ1v) is 7.06. The average molecular weight is 238 g/mol. The highest BCUT2D eigenvalue weighted by Crippen LogP contribution is 2.31. The second-order valence-corrected chi connectivity index (χ2v) is 5.85. The maximum Gasteiger partial charge on any atom is 0.244 e. The second kappa shape index (κ2) is 4.55. The van der Waals surface area contributed by atoms with Crippen LogP contribution in [-0.2, 0) is 10.0 Å². The molecule has 2 rings (SSSR count). The quantitative estimate of drug-likeness (QED) is 0.755. The number of benzene rings is 1. The van der Waals surface area contributed by atoms with E-state index in [1.165, 1.54) is 4.31 Å². The van der Waals surface area contributed by atoms with Crippen molar-refractivity contribution in [1.82, 2.24) is 4.31 Å². The molecule has 0 unspecified atom stereocenters. The Kier molecular flexibility index (Phi) is 3.30. The summed E-state index contributed by atoms with van der Waals surface area (Å²) in [4.78, 5) is 0.437. The lowest BCUT2D eigenvalue weighted by molar-refractivity contribution is 0.473. The van der Waals surface area contributed by atoms with Crippen LogP contribution in [0.2, 0.25) is 0 Å². The third-order valence-corrected chi connectivity index (χ3v) is 4.60. The zero-order chi connectivity index (χ0) is 11.6. The van der Waals surface area contributed by atoms with Gasteiger partial charge in [0.25, 0.3) is 0 Å². The summed E-state index contributed by atoms with van der Waals surface area (Å²) in [6.07, 6.45) is 3.08. The summed E-state index contributed by atoms with van der Waals surface area (Å²) in [5.74, 6) is 0. The van der Waals surface area contributed by atoms with Gasteiger partial charge in [0.05, 0.1) is 11.4 Å². The Morgan fingerprint density at radius 2 is 1.94 bits per heavy atom. The number of hydrogen-bond acceptors (Lipinski definition) is 2. The molecule has 4 heteroatoms. The van der Waals surface area contributed by atoms with Gasteiger partial charge in [0.1, 0.15) is 0 Å². The molecule has 3 nitrogen and oxygen atoms in total.